The molecule has 3 rings (SSSR count). The molecule has 0 aromatic carbocycles. The predicted octanol–water partition coefficient (Wildman–Crippen LogP) is 6.62. The summed E-state index contributed by atoms with van der Waals surface area (Å²) in [4.78, 5) is 0. The Morgan fingerprint density at radius 2 is 2.03 bits per heavy atom. The van der Waals surface area contributed by atoms with Crippen LogP contribution in [0.4, 0.5) is 4.39 Å². The van der Waals surface area contributed by atoms with Crippen LogP contribution in [0.5, 0.6) is 0 Å². The van der Waals surface area contributed by atoms with Crippen molar-refractivity contribution in [3.63, 3.8) is 0 Å². The van der Waals surface area contributed by atoms with Gasteiger partial charge in [0.05, 0.1) is 17.4 Å². The molecule has 178 valence electrons. The second-order valence-electron chi connectivity index (χ2n) is 10.5. The van der Waals surface area contributed by atoms with Crippen molar-refractivity contribution in [2.24, 2.45) is 17.3 Å². The van der Waals surface area contributed by atoms with E-state index in [4.69, 9.17) is 5.41 Å². The monoisotopic (exact) mass is 443 g/mol. The van der Waals surface area contributed by atoms with Gasteiger partial charge in [-0.25, -0.2) is 4.39 Å². The zero-order valence-corrected chi connectivity index (χ0v) is 20.3. The highest BCUT2D eigenvalue weighted by Gasteiger charge is 2.45. The summed E-state index contributed by atoms with van der Waals surface area (Å²) in [5.41, 5.74) is 3.06. The van der Waals surface area contributed by atoms with Crippen LogP contribution in [0.15, 0.2) is 47.1 Å². The molecule has 3 nitrogen and oxygen atoms in total. The van der Waals surface area contributed by atoms with E-state index in [9.17, 15) is 14.6 Å². The molecule has 0 radical (unpaired) electrons. The van der Waals surface area contributed by atoms with E-state index >= 15 is 0 Å². The van der Waals surface area contributed by atoms with Crippen molar-refractivity contribution in [3.05, 3.63) is 47.1 Å². The Bertz CT molecular complexity index is 819. The minimum absolute atomic E-state index is 0.0375. The summed E-state index contributed by atoms with van der Waals surface area (Å²) in [7, 11) is 0. The number of hydrogen-bond donors (Lipinski definition) is 3. The molecule has 4 heteroatoms. The minimum Gasteiger partial charge on any atom is -0.393 e. The van der Waals surface area contributed by atoms with E-state index in [-0.39, 0.29) is 17.5 Å². The fourth-order valence-corrected chi connectivity index (χ4v) is 6.09. The topological polar surface area (TPSA) is 64.3 Å². The molecule has 0 saturated heterocycles. The third-order valence-corrected chi connectivity index (χ3v) is 8.38. The van der Waals surface area contributed by atoms with Crippen LogP contribution < -0.4 is 0 Å². The molecular weight excluding hydrogens is 401 g/mol. The van der Waals surface area contributed by atoms with Crippen molar-refractivity contribution in [2.45, 2.75) is 103 Å². The minimum atomic E-state index is -1.35. The molecule has 2 saturated carbocycles. The average molecular weight is 444 g/mol. The van der Waals surface area contributed by atoms with Crippen LogP contribution in [0.1, 0.15) is 85.5 Å². The van der Waals surface area contributed by atoms with Crippen molar-refractivity contribution < 1.29 is 14.6 Å². The normalized spacial score (nSPS) is 34.9. The van der Waals surface area contributed by atoms with E-state index in [1.807, 2.05) is 26.0 Å². The molecule has 0 spiro atoms. The van der Waals surface area contributed by atoms with Gasteiger partial charge in [0.1, 0.15) is 6.17 Å². The lowest BCUT2D eigenvalue weighted by Gasteiger charge is -2.42. The summed E-state index contributed by atoms with van der Waals surface area (Å²) in [6, 6.07) is 0. The Labute approximate surface area is 193 Å². The van der Waals surface area contributed by atoms with E-state index in [0.29, 0.717) is 23.8 Å². The first-order valence-corrected chi connectivity index (χ1v) is 12.5. The van der Waals surface area contributed by atoms with Crippen molar-refractivity contribution in [2.75, 3.05) is 0 Å². The lowest BCUT2D eigenvalue weighted by Crippen LogP contribution is -2.32. The summed E-state index contributed by atoms with van der Waals surface area (Å²) in [6.07, 6.45) is 15.8. The number of allylic oxidation sites excluding steroid dienone is 6. The number of rotatable bonds is 7. The number of alkyl halides is 1. The van der Waals surface area contributed by atoms with Crippen LogP contribution in [0.3, 0.4) is 0 Å². The van der Waals surface area contributed by atoms with Gasteiger partial charge in [0.2, 0.25) is 0 Å². The van der Waals surface area contributed by atoms with Gasteiger partial charge >= 0.3 is 0 Å². The molecule has 3 aliphatic carbocycles. The highest BCUT2D eigenvalue weighted by Crippen LogP contribution is 2.56. The molecule has 0 bridgehead atoms. The highest BCUT2D eigenvalue weighted by molar-refractivity contribution is 6.02. The number of nitrogens with one attached hydrogen (secondary N) is 1. The molecule has 5 atom stereocenters. The average Bonchev–Trinajstić information content (AvgIpc) is 3.12. The van der Waals surface area contributed by atoms with Crippen LogP contribution in [-0.2, 0) is 0 Å². The second kappa shape index (κ2) is 10.2. The van der Waals surface area contributed by atoms with E-state index < -0.39 is 17.9 Å². The zero-order chi connectivity index (χ0) is 23.5. The number of fused-ring (bicyclic) bond motifs is 1. The molecule has 0 aliphatic heterocycles. The Morgan fingerprint density at radius 1 is 1.31 bits per heavy atom. The molecule has 0 aromatic heterocycles. The molecule has 5 unspecified atom stereocenters. The molecule has 0 aromatic rings. The first kappa shape index (κ1) is 25.1. The zero-order valence-electron chi connectivity index (χ0n) is 20.3. The van der Waals surface area contributed by atoms with E-state index in [1.54, 1.807) is 0 Å². The quantitative estimate of drug-likeness (QED) is 0.387. The largest absolute Gasteiger partial charge is 0.393 e. The van der Waals surface area contributed by atoms with Gasteiger partial charge in [0.15, 0.2) is 0 Å². The molecule has 0 heterocycles. The van der Waals surface area contributed by atoms with Gasteiger partial charge < -0.3 is 15.6 Å². The van der Waals surface area contributed by atoms with Gasteiger partial charge in [-0.05, 0) is 67.8 Å². The number of aliphatic hydroxyl groups excluding tert-OH is 1. The van der Waals surface area contributed by atoms with Crippen LogP contribution in [0.25, 0.3) is 0 Å². The first-order valence-electron chi connectivity index (χ1n) is 12.5. The van der Waals surface area contributed by atoms with Crippen LogP contribution in [0, 0.1) is 22.7 Å². The smallest absolute Gasteiger partial charge is 0.144 e. The van der Waals surface area contributed by atoms with Crippen molar-refractivity contribution in [3.8, 4) is 0 Å². The highest BCUT2D eigenvalue weighted by atomic mass is 19.1. The van der Waals surface area contributed by atoms with Gasteiger partial charge in [-0.3, -0.25) is 0 Å². The summed E-state index contributed by atoms with van der Waals surface area (Å²) in [5.74, 6) is 0.896. The molecule has 2 fully saturated rings. The summed E-state index contributed by atoms with van der Waals surface area (Å²) in [5, 5.41) is 28.5. The van der Waals surface area contributed by atoms with Crippen molar-refractivity contribution >= 4 is 5.71 Å². The second-order valence-corrected chi connectivity index (χ2v) is 10.5. The predicted molar refractivity (Wildman–Crippen MR) is 131 cm³/mol. The van der Waals surface area contributed by atoms with Gasteiger partial charge in [0, 0.05) is 12.8 Å². The standard InChI is InChI=1S/C28H42FNO2/c1-5-28(32,6-2)16-7-9-19(3)23-13-14-24-20(10-8-15-27(23,24)4)11-12-21-17-22(31)18-25(29)26(21)30/h7,11-13,16,19,22,24-25,30-32H,5-6,8-10,14-15,17-18H2,1-4H3/b16-7+,20-11-,21-12+,30-26?. The molecule has 3 N–H and O–H groups in total. The van der Waals surface area contributed by atoms with Gasteiger partial charge in [-0.1, -0.05) is 69.2 Å². The molecule has 32 heavy (non-hydrogen) atoms. The van der Waals surface area contributed by atoms with Crippen LogP contribution in [0.2, 0.25) is 0 Å². The Balaban J connectivity index is 1.73. The Kier molecular flexibility index (Phi) is 7.98. The fourth-order valence-electron chi connectivity index (χ4n) is 6.09. The summed E-state index contributed by atoms with van der Waals surface area (Å²) >= 11 is 0. The SMILES string of the molecule is CCC(O)(/C=C/CC(C)C1=CCC2/C(=C\C=C3/CC(O)CC(F)C3=N)CCCC12C)CC. The molecular formula is C28H42FNO2. The number of halogens is 1. The number of aliphatic hydroxyl groups is 2. The Morgan fingerprint density at radius 3 is 2.72 bits per heavy atom. The van der Waals surface area contributed by atoms with E-state index in [1.165, 1.54) is 17.6 Å². The maximum atomic E-state index is 14.0. The van der Waals surface area contributed by atoms with E-state index in [2.05, 4.69) is 32.1 Å². The van der Waals surface area contributed by atoms with Gasteiger partial charge in [0.25, 0.3) is 0 Å². The molecule has 0 amide bonds. The first-order chi connectivity index (χ1) is 15.1. The van der Waals surface area contributed by atoms with Crippen LogP contribution in [-0.4, -0.2) is 33.8 Å². The summed E-state index contributed by atoms with van der Waals surface area (Å²) < 4.78 is 14.0. The van der Waals surface area contributed by atoms with E-state index in [0.717, 1.165) is 38.5 Å². The third kappa shape index (κ3) is 5.17. The maximum absolute atomic E-state index is 14.0. The van der Waals surface area contributed by atoms with Crippen molar-refractivity contribution in [1.29, 1.82) is 5.41 Å². The van der Waals surface area contributed by atoms with Gasteiger partial charge in [-0.15, -0.1) is 0 Å². The van der Waals surface area contributed by atoms with Crippen LogP contribution >= 0.6 is 0 Å². The van der Waals surface area contributed by atoms with Crippen molar-refractivity contribution in [1.82, 2.24) is 0 Å². The number of hydrogen-bond acceptors (Lipinski definition) is 3. The lowest BCUT2D eigenvalue weighted by atomic mass is 9.62. The third-order valence-electron chi connectivity index (χ3n) is 8.38. The fraction of sp³-hybridized carbons (Fsp3) is 0.679. The summed E-state index contributed by atoms with van der Waals surface area (Å²) in [6.45, 7) is 8.75. The maximum Gasteiger partial charge on any atom is 0.144 e. The lowest BCUT2D eigenvalue weighted by molar-refractivity contribution is 0.0824. The Hall–Kier alpha value is -1.52. The molecule has 3 aliphatic rings. The van der Waals surface area contributed by atoms with Gasteiger partial charge in [-0.2, -0.15) is 0 Å².